The summed E-state index contributed by atoms with van der Waals surface area (Å²) in [6.07, 6.45) is -3.13. The molecule has 0 saturated heterocycles. The maximum Gasteiger partial charge on any atom is 0.409 e. The number of nitrogens with zero attached hydrogens (tertiary/aromatic N) is 1. The summed E-state index contributed by atoms with van der Waals surface area (Å²) in [5, 5.41) is 0. The number of aryl methyl sites for hydroxylation is 1. The first-order chi connectivity index (χ1) is 5.93. The highest BCUT2D eigenvalue weighted by atomic mass is 35.5. The number of hydrogen-bond acceptors (Lipinski definition) is 2. The highest BCUT2D eigenvalue weighted by molar-refractivity contribution is 5.85. The predicted molar refractivity (Wildman–Crippen MR) is 49.2 cm³/mol. The second kappa shape index (κ2) is 4.61. The quantitative estimate of drug-likeness (QED) is 0.799. The Kier molecular flexibility index (Phi) is 4.35. The summed E-state index contributed by atoms with van der Waals surface area (Å²) in [6, 6.07) is 1.13. The van der Waals surface area contributed by atoms with Crippen LogP contribution in [0.3, 0.4) is 0 Å². The van der Waals surface area contributed by atoms with Crippen molar-refractivity contribution in [1.29, 1.82) is 0 Å². The van der Waals surface area contributed by atoms with Crippen molar-refractivity contribution in [3.05, 3.63) is 29.6 Å². The zero-order valence-electron chi connectivity index (χ0n) is 7.38. The van der Waals surface area contributed by atoms with Gasteiger partial charge in [-0.1, -0.05) is 6.07 Å². The highest BCUT2D eigenvalue weighted by Crippen LogP contribution is 2.30. The number of rotatable bonds is 1. The molecular formula is C8H10ClF3N2. The van der Waals surface area contributed by atoms with E-state index >= 15 is 0 Å². The van der Waals surface area contributed by atoms with E-state index in [1.165, 1.54) is 6.20 Å². The van der Waals surface area contributed by atoms with Crippen LogP contribution in [0.15, 0.2) is 18.3 Å². The molecule has 0 aromatic carbocycles. The van der Waals surface area contributed by atoms with E-state index in [1.807, 2.05) is 0 Å². The average Bonchev–Trinajstić information content (AvgIpc) is 2.02. The molecule has 0 bridgehead atoms. The fraction of sp³-hybridized carbons (Fsp3) is 0.375. The number of hydrogen-bond donors (Lipinski definition) is 1. The Morgan fingerprint density at radius 3 is 2.43 bits per heavy atom. The topological polar surface area (TPSA) is 38.9 Å². The molecule has 1 atom stereocenters. The minimum absolute atomic E-state index is 0. The molecule has 0 fully saturated rings. The summed E-state index contributed by atoms with van der Waals surface area (Å²) in [5.74, 6) is 0. The average molecular weight is 227 g/mol. The molecule has 80 valence electrons. The van der Waals surface area contributed by atoms with Crippen LogP contribution in [0.5, 0.6) is 0 Å². The van der Waals surface area contributed by atoms with Gasteiger partial charge in [0.2, 0.25) is 0 Å². The van der Waals surface area contributed by atoms with E-state index in [0.29, 0.717) is 5.56 Å². The van der Waals surface area contributed by atoms with Gasteiger partial charge in [-0.05, 0) is 18.6 Å². The van der Waals surface area contributed by atoms with Gasteiger partial charge in [0.25, 0.3) is 0 Å². The van der Waals surface area contributed by atoms with Crippen molar-refractivity contribution in [3.63, 3.8) is 0 Å². The van der Waals surface area contributed by atoms with E-state index in [9.17, 15) is 13.2 Å². The SMILES string of the molecule is Cc1cccnc1[C@H](N)C(F)(F)F.Cl. The van der Waals surface area contributed by atoms with Crippen LogP contribution < -0.4 is 5.73 Å². The fourth-order valence-corrected chi connectivity index (χ4v) is 0.979. The summed E-state index contributed by atoms with van der Waals surface area (Å²) >= 11 is 0. The van der Waals surface area contributed by atoms with Gasteiger partial charge in [0, 0.05) is 6.20 Å². The van der Waals surface area contributed by atoms with E-state index in [-0.39, 0.29) is 18.1 Å². The summed E-state index contributed by atoms with van der Waals surface area (Å²) in [6.45, 7) is 1.55. The standard InChI is InChI=1S/C8H9F3N2.ClH/c1-5-3-2-4-13-6(5)7(12)8(9,10)11;/h2-4,7H,12H2,1H3;1H/t7-;/m0./s1. The van der Waals surface area contributed by atoms with Gasteiger partial charge in [-0.15, -0.1) is 12.4 Å². The molecule has 0 spiro atoms. The van der Waals surface area contributed by atoms with E-state index in [0.717, 1.165) is 0 Å². The van der Waals surface area contributed by atoms with Crippen LogP contribution in [0, 0.1) is 6.92 Å². The van der Waals surface area contributed by atoms with Gasteiger partial charge >= 0.3 is 6.18 Å². The molecule has 0 saturated carbocycles. The van der Waals surface area contributed by atoms with E-state index in [1.54, 1.807) is 19.1 Å². The Hall–Kier alpha value is -0.810. The van der Waals surface area contributed by atoms with E-state index < -0.39 is 12.2 Å². The lowest BCUT2D eigenvalue weighted by molar-refractivity contribution is -0.150. The Bertz CT molecular complexity index is 301. The van der Waals surface area contributed by atoms with Gasteiger partial charge < -0.3 is 5.73 Å². The van der Waals surface area contributed by atoms with Crippen molar-refractivity contribution in [1.82, 2.24) is 4.98 Å². The third-order valence-corrected chi connectivity index (χ3v) is 1.70. The van der Waals surface area contributed by atoms with Crippen LogP contribution in [-0.4, -0.2) is 11.2 Å². The normalized spacial score (nSPS) is 13.2. The zero-order valence-corrected chi connectivity index (χ0v) is 8.19. The van der Waals surface area contributed by atoms with Crippen molar-refractivity contribution in [3.8, 4) is 0 Å². The number of aromatic nitrogens is 1. The molecule has 2 N–H and O–H groups in total. The summed E-state index contributed by atoms with van der Waals surface area (Å²) in [4.78, 5) is 3.60. The smallest absolute Gasteiger partial charge is 0.315 e. The lowest BCUT2D eigenvalue weighted by Gasteiger charge is -2.16. The molecular weight excluding hydrogens is 217 g/mol. The molecule has 2 nitrogen and oxygen atoms in total. The van der Waals surface area contributed by atoms with Crippen molar-refractivity contribution in [2.75, 3.05) is 0 Å². The maximum atomic E-state index is 12.1. The molecule has 1 aromatic heterocycles. The molecule has 0 aliphatic heterocycles. The molecule has 0 aliphatic rings. The third-order valence-electron chi connectivity index (χ3n) is 1.70. The zero-order chi connectivity index (χ0) is 10.1. The second-order valence-corrected chi connectivity index (χ2v) is 2.72. The van der Waals surface area contributed by atoms with Gasteiger partial charge in [-0.25, -0.2) is 0 Å². The van der Waals surface area contributed by atoms with Crippen LogP contribution in [0.2, 0.25) is 0 Å². The second-order valence-electron chi connectivity index (χ2n) is 2.72. The Labute approximate surface area is 85.7 Å². The molecule has 0 radical (unpaired) electrons. The minimum atomic E-state index is -4.43. The van der Waals surface area contributed by atoms with Gasteiger partial charge in [0.15, 0.2) is 0 Å². The van der Waals surface area contributed by atoms with Crippen LogP contribution >= 0.6 is 12.4 Å². The van der Waals surface area contributed by atoms with Crippen molar-refractivity contribution in [2.45, 2.75) is 19.1 Å². The Morgan fingerprint density at radius 1 is 1.43 bits per heavy atom. The van der Waals surface area contributed by atoms with E-state index in [2.05, 4.69) is 4.98 Å². The monoisotopic (exact) mass is 226 g/mol. The van der Waals surface area contributed by atoms with Crippen molar-refractivity contribution < 1.29 is 13.2 Å². The largest absolute Gasteiger partial charge is 0.409 e. The molecule has 1 rings (SSSR count). The predicted octanol–water partition coefficient (Wildman–Crippen LogP) is 2.37. The maximum absolute atomic E-state index is 12.1. The molecule has 14 heavy (non-hydrogen) atoms. The molecule has 0 amide bonds. The first-order valence-electron chi connectivity index (χ1n) is 3.66. The van der Waals surface area contributed by atoms with E-state index in [4.69, 9.17) is 5.73 Å². The molecule has 0 aliphatic carbocycles. The number of halogens is 4. The fourth-order valence-electron chi connectivity index (χ4n) is 0.979. The van der Waals surface area contributed by atoms with Gasteiger partial charge in [0.1, 0.15) is 6.04 Å². The molecule has 0 unspecified atom stereocenters. The van der Waals surface area contributed by atoms with Gasteiger partial charge in [-0.3, -0.25) is 4.98 Å². The van der Waals surface area contributed by atoms with Crippen molar-refractivity contribution in [2.24, 2.45) is 5.73 Å². The lowest BCUT2D eigenvalue weighted by atomic mass is 10.1. The van der Waals surface area contributed by atoms with Crippen LogP contribution in [0.25, 0.3) is 0 Å². The first-order valence-corrected chi connectivity index (χ1v) is 3.66. The Balaban J connectivity index is 0.00000169. The summed E-state index contributed by atoms with van der Waals surface area (Å²) in [7, 11) is 0. The minimum Gasteiger partial charge on any atom is -0.315 e. The van der Waals surface area contributed by atoms with Gasteiger partial charge in [-0.2, -0.15) is 13.2 Å². The van der Waals surface area contributed by atoms with Crippen molar-refractivity contribution >= 4 is 12.4 Å². The molecule has 6 heteroatoms. The van der Waals surface area contributed by atoms with Crippen LogP contribution in [0.4, 0.5) is 13.2 Å². The first kappa shape index (κ1) is 13.2. The number of pyridine rings is 1. The lowest BCUT2D eigenvalue weighted by Crippen LogP contribution is -2.29. The summed E-state index contributed by atoms with van der Waals surface area (Å²) < 4.78 is 36.4. The number of nitrogens with two attached hydrogens (primary N) is 1. The van der Waals surface area contributed by atoms with Crippen LogP contribution in [0.1, 0.15) is 17.3 Å². The highest BCUT2D eigenvalue weighted by Gasteiger charge is 2.39. The third kappa shape index (κ3) is 2.85. The number of alkyl halides is 3. The molecule has 1 heterocycles. The summed E-state index contributed by atoms with van der Waals surface area (Å²) in [5.41, 5.74) is 5.32. The molecule has 1 aromatic rings. The van der Waals surface area contributed by atoms with Gasteiger partial charge in [0.05, 0.1) is 5.69 Å². The van der Waals surface area contributed by atoms with Crippen LogP contribution in [-0.2, 0) is 0 Å². The Morgan fingerprint density at radius 2 is 2.00 bits per heavy atom.